The SMILES string of the molecule is NCc1cc(=O)c2cc(Nc3cnn(-c4ccccc4)c3)ccc2[nH]1. The molecule has 4 N–H and O–H groups in total. The molecule has 0 atom stereocenters. The number of aromatic nitrogens is 3. The third-order valence-corrected chi connectivity index (χ3v) is 4.00. The van der Waals surface area contributed by atoms with Gasteiger partial charge in [0.2, 0.25) is 0 Å². The molecule has 0 unspecified atom stereocenters. The molecule has 124 valence electrons. The first-order valence-electron chi connectivity index (χ1n) is 7.96. The van der Waals surface area contributed by atoms with Gasteiger partial charge in [-0.15, -0.1) is 0 Å². The molecule has 0 spiro atoms. The topological polar surface area (TPSA) is 88.7 Å². The minimum atomic E-state index is -0.0437. The van der Waals surface area contributed by atoms with Gasteiger partial charge < -0.3 is 16.0 Å². The third kappa shape index (κ3) is 3.02. The van der Waals surface area contributed by atoms with Crippen molar-refractivity contribution >= 4 is 22.3 Å². The molecule has 0 aliphatic carbocycles. The molecule has 0 aliphatic heterocycles. The van der Waals surface area contributed by atoms with Crippen LogP contribution in [0.15, 0.2) is 71.8 Å². The van der Waals surface area contributed by atoms with Gasteiger partial charge in [-0.3, -0.25) is 4.79 Å². The smallest absolute Gasteiger partial charge is 0.189 e. The fraction of sp³-hybridized carbons (Fsp3) is 0.0526. The van der Waals surface area contributed by atoms with Gasteiger partial charge in [0, 0.05) is 34.9 Å². The summed E-state index contributed by atoms with van der Waals surface area (Å²) in [4.78, 5) is 15.4. The van der Waals surface area contributed by atoms with E-state index >= 15 is 0 Å². The van der Waals surface area contributed by atoms with E-state index in [-0.39, 0.29) is 5.43 Å². The van der Waals surface area contributed by atoms with Crippen molar-refractivity contribution in [2.45, 2.75) is 6.54 Å². The normalized spacial score (nSPS) is 10.9. The van der Waals surface area contributed by atoms with Crippen molar-refractivity contribution in [2.24, 2.45) is 5.73 Å². The van der Waals surface area contributed by atoms with Crippen LogP contribution in [0, 0.1) is 0 Å². The second-order valence-electron chi connectivity index (χ2n) is 5.76. The Balaban J connectivity index is 1.64. The molecule has 6 nitrogen and oxygen atoms in total. The molecule has 2 aromatic carbocycles. The van der Waals surface area contributed by atoms with Crippen LogP contribution in [0.1, 0.15) is 5.69 Å². The van der Waals surface area contributed by atoms with Crippen molar-refractivity contribution in [1.82, 2.24) is 14.8 Å². The fourth-order valence-electron chi connectivity index (χ4n) is 2.77. The number of hydrogen-bond donors (Lipinski definition) is 3. The Labute approximate surface area is 143 Å². The summed E-state index contributed by atoms with van der Waals surface area (Å²) in [6.45, 7) is 0.309. The largest absolute Gasteiger partial charge is 0.357 e. The summed E-state index contributed by atoms with van der Waals surface area (Å²) >= 11 is 0. The second kappa shape index (κ2) is 6.26. The number of benzene rings is 2. The Hall–Kier alpha value is -3.38. The molecule has 4 rings (SSSR count). The number of aromatic amines is 1. The molecule has 6 heteroatoms. The Bertz CT molecular complexity index is 1080. The second-order valence-corrected chi connectivity index (χ2v) is 5.76. The zero-order valence-corrected chi connectivity index (χ0v) is 13.4. The van der Waals surface area contributed by atoms with Crippen LogP contribution in [0.2, 0.25) is 0 Å². The molecule has 25 heavy (non-hydrogen) atoms. The third-order valence-electron chi connectivity index (χ3n) is 4.00. The number of pyridine rings is 1. The average molecular weight is 331 g/mol. The van der Waals surface area contributed by atoms with E-state index in [0.717, 1.165) is 28.3 Å². The number of H-pyrrole nitrogens is 1. The fourth-order valence-corrected chi connectivity index (χ4v) is 2.77. The summed E-state index contributed by atoms with van der Waals surface area (Å²) in [7, 11) is 0. The number of anilines is 2. The molecule has 0 radical (unpaired) electrons. The zero-order chi connectivity index (χ0) is 17.2. The van der Waals surface area contributed by atoms with Gasteiger partial charge in [-0.2, -0.15) is 5.10 Å². The van der Waals surface area contributed by atoms with Gasteiger partial charge in [0.05, 0.1) is 23.8 Å². The van der Waals surface area contributed by atoms with Crippen LogP contribution in [0.3, 0.4) is 0 Å². The van der Waals surface area contributed by atoms with Crippen LogP contribution >= 0.6 is 0 Å². The average Bonchev–Trinajstić information content (AvgIpc) is 3.11. The van der Waals surface area contributed by atoms with E-state index in [0.29, 0.717) is 11.9 Å². The van der Waals surface area contributed by atoms with Crippen LogP contribution in [-0.4, -0.2) is 14.8 Å². The van der Waals surface area contributed by atoms with E-state index in [9.17, 15) is 4.79 Å². The lowest BCUT2D eigenvalue weighted by atomic mass is 10.1. The maximum Gasteiger partial charge on any atom is 0.189 e. The molecular formula is C19H17N5O. The van der Waals surface area contributed by atoms with Crippen LogP contribution in [0.25, 0.3) is 16.6 Å². The molecule has 0 saturated heterocycles. The van der Waals surface area contributed by atoms with Crippen molar-refractivity contribution in [3.63, 3.8) is 0 Å². The zero-order valence-electron chi connectivity index (χ0n) is 13.4. The highest BCUT2D eigenvalue weighted by Gasteiger charge is 2.05. The first-order chi connectivity index (χ1) is 12.2. The molecule has 0 fully saturated rings. The van der Waals surface area contributed by atoms with E-state index in [2.05, 4.69) is 15.4 Å². The van der Waals surface area contributed by atoms with E-state index in [1.165, 1.54) is 0 Å². The maximum absolute atomic E-state index is 12.2. The van der Waals surface area contributed by atoms with E-state index in [4.69, 9.17) is 5.73 Å². The Morgan fingerprint density at radius 3 is 2.72 bits per heavy atom. The lowest BCUT2D eigenvalue weighted by Gasteiger charge is -2.06. The van der Waals surface area contributed by atoms with Crippen LogP contribution in [-0.2, 0) is 6.54 Å². The Morgan fingerprint density at radius 2 is 1.92 bits per heavy atom. The number of nitrogens with zero attached hydrogens (tertiary/aromatic N) is 2. The van der Waals surface area contributed by atoms with Crippen LogP contribution < -0.4 is 16.5 Å². The molecular weight excluding hydrogens is 314 g/mol. The quantitative estimate of drug-likeness (QED) is 0.536. The first kappa shape index (κ1) is 15.2. The Kier molecular flexibility index (Phi) is 3.80. The van der Waals surface area contributed by atoms with E-state index < -0.39 is 0 Å². The highest BCUT2D eigenvalue weighted by molar-refractivity contribution is 5.83. The van der Waals surface area contributed by atoms with Gasteiger partial charge in [-0.05, 0) is 30.3 Å². The van der Waals surface area contributed by atoms with Crippen LogP contribution in [0.5, 0.6) is 0 Å². The number of rotatable bonds is 4. The maximum atomic E-state index is 12.2. The minimum absolute atomic E-state index is 0.0437. The van der Waals surface area contributed by atoms with Gasteiger partial charge in [-0.25, -0.2) is 4.68 Å². The molecule has 2 aromatic heterocycles. The lowest BCUT2D eigenvalue weighted by molar-refractivity contribution is 0.881. The molecule has 2 heterocycles. The summed E-state index contributed by atoms with van der Waals surface area (Å²) in [5.41, 5.74) is 9.71. The molecule has 0 bridgehead atoms. The van der Waals surface area contributed by atoms with Gasteiger partial charge in [-0.1, -0.05) is 18.2 Å². The molecule has 4 aromatic rings. The van der Waals surface area contributed by atoms with E-state index in [1.54, 1.807) is 16.9 Å². The summed E-state index contributed by atoms with van der Waals surface area (Å²) in [6, 6.07) is 17.0. The lowest BCUT2D eigenvalue weighted by Crippen LogP contribution is -2.08. The molecule has 0 saturated carbocycles. The summed E-state index contributed by atoms with van der Waals surface area (Å²) in [5, 5.41) is 8.26. The summed E-state index contributed by atoms with van der Waals surface area (Å²) < 4.78 is 1.80. The number of nitrogens with two attached hydrogens (primary N) is 1. The number of fused-ring (bicyclic) bond motifs is 1. The monoisotopic (exact) mass is 331 g/mol. The van der Waals surface area contributed by atoms with Crippen molar-refractivity contribution in [1.29, 1.82) is 0 Å². The highest BCUT2D eigenvalue weighted by Crippen LogP contribution is 2.20. The van der Waals surface area contributed by atoms with Gasteiger partial charge in [0.25, 0.3) is 0 Å². The minimum Gasteiger partial charge on any atom is -0.357 e. The van der Waals surface area contributed by atoms with Gasteiger partial charge >= 0.3 is 0 Å². The van der Waals surface area contributed by atoms with Gasteiger partial charge in [0.15, 0.2) is 5.43 Å². The highest BCUT2D eigenvalue weighted by atomic mass is 16.1. The van der Waals surface area contributed by atoms with Crippen LogP contribution in [0.4, 0.5) is 11.4 Å². The predicted octanol–water partition coefficient (Wildman–Crippen LogP) is 2.92. The number of hydrogen-bond acceptors (Lipinski definition) is 4. The van der Waals surface area contributed by atoms with Crippen molar-refractivity contribution in [3.05, 3.63) is 82.9 Å². The summed E-state index contributed by atoms with van der Waals surface area (Å²) in [5.74, 6) is 0. The predicted molar refractivity (Wildman–Crippen MR) is 99.3 cm³/mol. The molecule has 0 amide bonds. The van der Waals surface area contributed by atoms with Crippen molar-refractivity contribution in [2.75, 3.05) is 5.32 Å². The number of para-hydroxylation sites is 1. The molecule has 0 aliphatic rings. The van der Waals surface area contributed by atoms with Gasteiger partial charge in [0.1, 0.15) is 0 Å². The van der Waals surface area contributed by atoms with E-state index in [1.807, 2.05) is 54.7 Å². The van der Waals surface area contributed by atoms with Crippen molar-refractivity contribution in [3.8, 4) is 5.69 Å². The number of nitrogens with one attached hydrogen (secondary N) is 2. The Morgan fingerprint density at radius 1 is 1.08 bits per heavy atom. The standard InChI is InChI=1S/C19H17N5O/c20-10-14-9-19(25)17-8-13(6-7-18(17)23-14)22-15-11-21-24(12-15)16-4-2-1-3-5-16/h1-9,11-12,22H,10,20H2,(H,23,25). The van der Waals surface area contributed by atoms with Crippen molar-refractivity contribution < 1.29 is 0 Å². The summed E-state index contributed by atoms with van der Waals surface area (Å²) in [6.07, 6.45) is 3.65. The first-order valence-corrected chi connectivity index (χ1v) is 7.96.